The van der Waals surface area contributed by atoms with Crippen LogP contribution in [0.4, 0.5) is 11.4 Å². The number of unbranched alkanes of at least 4 members (excludes halogenated alkanes) is 4. The number of amides is 2. The van der Waals surface area contributed by atoms with Crippen molar-refractivity contribution in [3.8, 4) is 17.5 Å². The quantitative estimate of drug-likeness (QED) is 0.233. The van der Waals surface area contributed by atoms with E-state index in [1.165, 1.54) is 12.5 Å². The molecule has 0 atom stereocenters. The van der Waals surface area contributed by atoms with Crippen molar-refractivity contribution in [2.45, 2.75) is 45.4 Å². The number of nitrogens with zero attached hydrogens (tertiary/aromatic N) is 2. The molecule has 0 radical (unpaired) electrons. The summed E-state index contributed by atoms with van der Waals surface area (Å²) in [6.07, 6.45) is 5.77. The molecule has 2 amide bonds. The van der Waals surface area contributed by atoms with Crippen LogP contribution in [0.15, 0.2) is 51.8 Å². The molecule has 0 aliphatic rings. The van der Waals surface area contributed by atoms with E-state index in [0.717, 1.165) is 31.1 Å². The Morgan fingerprint density at radius 1 is 1.03 bits per heavy atom. The SMILES string of the molecule is CCCCCCCC(=O)Nc1cccc2cc(C(=O)Nc3ccc(C#N)cc3-c3noc(=O)[nH]3)[nH]c12. The number of hydrogen-bond acceptors (Lipinski definition) is 6. The summed E-state index contributed by atoms with van der Waals surface area (Å²) in [6.45, 7) is 2.15. The lowest BCUT2D eigenvalue weighted by atomic mass is 10.1. The van der Waals surface area contributed by atoms with Gasteiger partial charge < -0.3 is 15.6 Å². The third-order valence-electron chi connectivity index (χ3n) is 5.77. The molecule has 0 unspecified atom stereocenters. The lowest BCUT2D eigenvalue weighted by Gasteiger charge is -2.09. The zero-order valence-corrected chi connectivity index (χ0v) is 19.8. The van der Waals surface area contributed by atoms with Gasteiger partial charge in [-0.05, 0) is 36.8 Å². The lowest BCUT2D eigenvalue weighted by Crippen LogP contribution is -2.13. The van der Waals surface area contributed by atoms with Gasteiger partial charge in [-0.25, -0.2) is 4.79 Å². The van der Waals surface area contributed by atoms with Crippen LogP contribution in [-0.2, 0) is 4.79 Å². The topological polar surface area (TPSA) is 157 Å². The van der Waals surface area contributed by atoms with E-state index in [0.29, 0.717) is 34.4 Å². The number of aromatic nitrogens is 3. The Balaban J connectivity index is 1.52. The van der Waals surface area contributed by atoms with E-state index in [1.807, 2.05) is 18.2 Å². The van der Waals surface area contributed by atoms with Crippen LogP contribution in [0.25, 0.3) is 22.3 Å². The van der Waals surface area contributed by atoms with E-state index in [2.05, 4.69) is 37.2 Å². The summed E-state index contributed by atoms with van der Waals surface area (Å²) >= 11 is 0. The average molecular weight is 487 g/mol. The maximum atomic E-state index is 13.1. The zero-order chi connectivity index (χ0) is 25.5. The average Bonchev–Trinajstić information content (AvgIpc) is 3.51. The summed E-state index contributed by atoms with van der Waals surface area (Å²) in [5, 5.41) is 19.4. The zero-order valence-electron chi connectivity index (χ0n) is 19.8. The monoisotopic (exact) mass is 486 g/mol. The fraction of sp³-hybridized carbons (Fsp3) is 0.269. The second-order valence-corrected chi connectivity index (χ2v) is 8.44. The number of rotatable bonds is 10. The Morgan fingerprint density at radius 2 is 1.86 bits per heavy atom. The number of benzene rings is 2. The summed E-state index contributed by atoms with van der Waals surface area (Å²) in [4.78, 5) is 42.4. The normalized spacial score (nSPS) is 10.8. The van der Waals surface area contributed by atoms with E-state index in [1.54, 1.807) is 24.3 Å². The Hall–Kier alpha value is -4.65. The van der Waals surface area contributed by atoms with Crippen molar-refractivity contribution in [1.29, 1.82) is 5.26 Å². The van der Waals surface area contributed by atoms with E-state index in [4.69, 9.17) is 0 Å². The number of anilines is 2. The molecule has 4 aromatic rings. The Labute approximate surface area is 206 Å². The highest BCUT2D eigenvalue weighted by molar-refractivity contribution is 6.09. The molecule has 0 fully saturated rings. The first kappa shape index (κ1) is 24.5. The molecule has 0 saturated heterocycles. The van der Waals surface area contributed by atoms with Gasteiger partial charge in [0.15, 0.2) is 5.82 Å². The van der Waals surface area contributed by atoms with Crippen LogP contribution in [0.1, 0.15) is 61.5 Å². The molecule has 0 saturated carbocycles. The second-order valence-electron chi connectivity index (χ2n) is 8.44. The van der Waals surface area contributed by atoms with Crippen LogP contribution in [0.2, 0.25) is 0 Å². The second kappa shape index (κ2) is 11.2. The molecule has 0 aliphatic heterocycles. The maximum absolute atomic E-state index is 13.1. The number of aromatic amines is 2. The summed E-state index contributed by atoms with van der Waals surface area (Å²) in [7, 11) is 0. The molecule has 0 aliphatic carbocycles. The Morgan fingerprint density at radius 3 is 2.61 bits per heavy atom. The Kier molecular flexibility index (Phi) is 7.60. The minimum absolute atomic E-state index is 0.0663. The lowest BCUT2D eigenvalue weighted by molar-refractivity contribution is -0.116. The van der Waals surface area contributed by atoms with Crippen LogP contribution in [0, 0.1) is 11.3 Å². The van der Waals surface area contributed by atoms with Gasteiger partial charge in [-0.3, -0.25) is 19.1 Å². The summed E-state index contributed by atoms with van der Waals surface area (Å²) in [5.41, 5.74) is 2.50. The minimum atomic E-state index is -0.754. The smallest absolute Gasteiger partial charge is 0.349 e. The van der Waals surface area contributed by atoms with Crippen molar-refractivity contribution < 1.29 is 14.1 Å². The van der Waals surface area contributed by atoms with E-state index >= 15 is 0 Å². The molecule has 0 spiro atoms. The molecule has 4 N–H and O–H groups in total. The molecule has 0 bridgehead atoms. The highest BCUT2D eigenvalue weighted by Gasteiger charge is 2.17. The predicted molar refractivity (Wildman–Crippen MR) is 136 cm³/mol. The number of carbonyl (C=O) groups is 2. The Bertz CT molecular complexity index is 1490. The first-order valence-corrected chi connectivity index (χ1v) is 11.8. The number of H-pyrrole nitrogens is 2. The molecular weight excluding hydrogens is 460 g/mol. The van der Waals surface area contributed by atoms with Crippen LogP contribution in [0.3, 0.4) is 0 Å². The molecule has 2 aromatic heterocycles. The third-order valence-corrected chi connectivity index (χ3v) is 5.77. The number of carbonyl (C=O) groups excluding carboxylic acids is 2. The number of fused-ring (bicyclic) bond motifs is 1. The largest absolute Gasteiger partial charge is 0.439 e. The van der Waals surface area contributed by atoms with Gasteiger partial charge in [-0.1, -0.05) is 49.9 Å². The van der Waals surface area contributed by atoms with Crippen molar-refractivity contribution >= 4 is 34.1 Å². The van der Waals surface area contributed by atoms with Crippen molar-refractivity contribution in [1.82, 2.24) is 15.1 Å². The van der Waals surface area contributed by atoms with Crippen LogP contribution < -0.4 is 16.4 Å². The molecule has 2 aromatic carbocycles. The fourth-order valence-electron chi connectivity index (χ4n) is 3.94. The van der Waals surface area contributed by atoms with E-state index in [9.17, 15) is 19.6 Å². The van der Waals surface area contributed by atoms with Crippen LogP contribution in [-0.4, -0.2) is 26.9 Å². The number of nitriles is 1. The third kappa shape index (κ3) is 5.70. The van der Waals surface area contributed by atoms with Crippen molar-refractivity contribution in [3.05, 3.63) is 64.3 Å². The van der Waals surface area contributed by atoms with Gasteiger partial charge in [0.1, 0.15) is 5.69 Å². The van der Waals surface area contributed by atoms with Gasteiger partial charge in [-0.15, -0.1) is 0 Å². The van der Waals surface area contributed by atoms with Gasteiger partial charge in [0.25, 0.3) is 5.91 Å². The van der Waals surface area contributed by atoms with Crippen molar-refractivity contribution in [3.63, 3.8) is 0 Å². The molecule has 10 heteroatoms. The van der Waals surface area contributed by atoms with Gasteiger partial charge in [-0.2, -0.15) is 5.26 Å². The first-order valence-electron chi connectivity index (χ1n) is 11.8. The van der Waals surface area contributed by atoms with Crippen molar-refractivity contribution in [2.24, 2.45) is 0 Å². The van der Waals surface area contributed by atoms with Gasteiger partial charge in [0.2, 0.25) is 5.91 Å². The number of hydrogen-bond donors (Lipinski definition) is 4. The van der Waals surface area contributed by atoms with E-state index in [-0.39, 0.29) is 17.4 Å². The highest BCUT2D eigenvalue weighted by atomic mass is 16.5. The molecule has 36 heavy (non-hydrogen) atoms. The van der Waals surface area contributed by atoms with Gasteiger partial charge >= 0.3 is 5.76 Å². The van der Waals surface area contributed by atoms with Gasteiger partial charge in [0.05, 0.1) is 28.5 Å². The number of nitrogens with one attached hydrogen (secondary N) is 4. The van der Waals surface area contributed by atoms with Gasteiger partial charge in [0, 0.05) is 17.4 Å². The predicted octanol–water partition coefficient (Wildman–Crippen LogP) is 4.93. The molecule has 2 heterocycles. The first-order chi connectivity index (χ1) is 17.5. The van der Waals surface area contributed by atoms with Crippen LogP contribution in [0.5, 0.6) is 0 Å². The highest BCUT2D eigenvalue weighted by Crippen LogP contribution is 2.28. The molecule has 4 rings (SSSR count). The van der Waals surface area contributed by atoms with Crippen molar-refractivity contribution in [2.75, 3.05) is 10.6 Å². The summed E-state index contributed by atoms with van der Waals surface area (Å²) < 4.78 is 4.57. The van der Waals surface area contributed by atoms with E-state index < -0.39 is 11.7 Å². The minimum Gasteiger partial charge on any atom is -0.349 e. The molecule has 10 nitrogen and oxygen atoms in total. The fourth-order valence-corrected chi connectivity index (χ4v) is 3.94. The summed E-state index contributed by atoms with van der Waals surface area (Å²) in [5.74, 6) is -1.18. The standard InChI is InChI=1S/C26H26N6O4/c1-2-3-4-5-6-10-22(33)28-20-9-7-8-17-14-21(29-23(17)20)25(34)30-19-12-11-16(15-27)13-18(19)24-31-26(35)36-32-24/h7-9,11-14,29H,2-6,10H2,1H3,(H,28,33)(H,30,34)(H,31,32,35). The van der Waals surface area contributed by atoms with Crippen LogP contribution >= 0.6 is 0 Å². The molecule has 184 valence electrons. The molecular formula is C26H26N6O4. The number of para-hydroxylation sites is 1. The maximum Gasteiger partial charge on any atom is 0.439 e. The summed E-state index contributed by atoms with van der Waals surface area (Å²) in [6, 6.07) is 13.7.